The highest BCUT2D eigenvalue weighted by atomic mass is 16.3. The zero-order valence-electron chi connectivity index (χ0n) is 6.79. The van der Waals surface area contributed by atoms with Crippen molar-refractivity contribution in [2.45, 2.75) is 25.7 Å². The smallest absolute Gasteiger partial charge is 0.0493 e. The zero-order chi connectivity index (χ0) is 7.90. The Morgan fingerprint density at radius 1 is 1.18 bits per heavy atom. The summed E-state index contributed by atoms with van der Waals surface area (Å²) in [5.41, 5.74) is 0.148. The summed E-state index contributed by atoms with van der Waals surface area (Å²) < 4.78 is 0. The van der Waals surface area contributed by atoms with Gasteiger partial charge in [-0.2, -0.15) is 0 Å². The minimum atomic E-state index is 0.148. The lowest BCUT2D eigenvalue weighted by Gasteiger charge is -2.47. The van der Waals surface area contributed by atoms with Crippen molar-refractivity contribution in [1.29, 1.82) is 0 Å². The molecule has 2 nitrogen and oxygen atoms in total. The highest BCUT2D eigenvalue weighted by Gasteiger charge is 2.54. The first-order valence-corrected chi connectivity index (χ1v) is 4.55. The van der Waals surface area contributed by atoms with Gasteiger partial charge in [-0.15, -0.1) is 0 Å². The van der Waals surface area contributed by atoms with Crippen LogP contribution >= 0.6 is 0 Å². The molecule has 11 heavy (non-hydrogen) atoms. The van der Waals surface area contributed by atoms with Crippen LogP contribution in [-0.2, 0) is 0 Å². The molecule has 0 aromatic heterocycles. The van der Waals surface area contributed by atoms with Crippen LogP contribution in [0.4, 0.5) is 0 Å². The molecule has 0 aromatic rings. The number of fused-ring (bicyclic) bond motifs is 1. The quantitative estimate of drug-likeness (QED) is 0.620. The number of hydrogen-bond acceptors (Lipinski definition) is 2. The van der Waals surface area contributed by atoms with Crippen molar-refractivity contribution < 1.29 is 10.2 Å². The highest BCUT2D eigenvalue weighted by molar-refractivity contribution is 5.04. The van der Waals surface area contributed by atoms with Crippen molar-refractivity contribution in [3.63, 3.8) is 0 Å². The van der Waals surface area contributed by atoms with Crippen molar-refractivity contribution in [3.8, 4) is 0 Å². The lowest BCUT2D eigenvalue weighted by atomic mass is 9.59. The first kappa shape index (κ1) is 7.56. The predicted molar refractivity (Wildman–Crippen MR) is 42.1 cm³/mol. The van der Waals surface area contributed by atoms with Gasteiger partial charge < -0.3 is 10.2 Å². The fraction of sp³-hybridized carbons (Fsp3) is 1.00. The van der Waals surface area contributed by atoms with Crippen LogP contribution in [0.25, 0.3) is 0 Å². The molecule has 2 heteroatoms. The van der Waals surface area contributed by atoms with E-state index >= 15 is 0 Å². The first-order chi connectivity index (χ1) is 5.33. The van der Waals surface area contributed by atoms with E-state index in [1.54, 1.807) is 0 Å². The Morgan fingerprint density at radius 3 is 2.36 bits per heavy atom. The Bertz CT molecular complexity index is 154. The molecular weight excluding hydrogens is 140 g/mol. The number of hydrogen-bond donors (Lipinski definition) is 2. The third kappa shape index (κ3) is 0.798. The fourth-order valence-electron chi connectivity index (χ4n) is 2.99. The molecule has 2 saturated carbocycles. The molecule has 0 saturated heterocycles. The summed E-state index contributed by atoms with van der Waals surface area (Å²) in [5, 5.41) is 18.3. The van der Waals surface area contributed by atoms with E-state index in [4.69, 9.17) is 5.11 Å². The molecule has 64 valence electrons. The summed E-state index contributed by atoms with van der Waals surface area (Å²) in [7, 11) is 0. The molecular formula is C9H16O2. The lowest BCUT2D eigenvalue weighted by molar-refractivity contribution is -0.0518. The average molecular weight is 156 g/mol. The van der Waals surface area contributed by atoms with Gasteiger partial charge in [0.1, 0.15) is 0 Å². The molecule has 2 aliphatic carbocycles. The van der Waals surface area contributed by atoms with Crippen molar-refractivity contribution in [3.05, 3.63) is 0 Å². The first-order valence-electron chi connectivity index (χ1n) is 4.55. The van der Waals surface area contributed by atoms with Crippen LogP contribution in [0.2, 0.25) is 0 Å². The van der Waals surface area contributed by atoms with E-state index in [-0.39, 0.29) is 12.0 Å². The monoisotopic (exact) mass is 156 g/mol. The van der Waals surface area contributed by atoms with Gasteiger partial charge in [-0.3, -0.25) is 0 Å². The predicted octanol–water partition coefficient (Wildman–Crippen LogP) is 0.777. The van der Waals surface area contributed by atoms with Gasteiger partial charge in [0.05, 0.1) is 0 Å². The van der Waals surface area contributed by atoms with E-state index in [2.05, 4.69) is 0 Å². The third-order valence-electron chi connectivity index (χ3n) is 3.96. The molecule has 2 aliphatic rings. The van der Waals surface area contributed by atoms with Crippen molar-refractivity contribution >= 4 is 0 Å². The molecule has 0 aliphatic heterocycles. The molecule has 2 rings (SSSR count). The maximum atomic E-state index is 9.24. The average Bonchev–Trinajstić information content (AvgIpc) is 2.23. The summed E-state index contributed by atoms with van der Waals surface area (Å²) in [6.07, 6.45) is 4.77. The standard InChI is InChI=1S/C9H16O2/c10-5-8-2-1-7-3-4-9(7,8)6-11/h7-8,10-11H,1-6H2. The van der Waals surface area contributed by atoms with Gasteiger partial charge in [0.2, 0.25) is 0 Å². The van der Waals surface area contributed by atoms with E-state index < -0.39 is 0 Å². The molecule has 2 N–H and O–H groups in total. The van der Waals surface area contributed by atoms with E-state index in [0.29, 0.717) is 12.5 Å². The van der Waals surface area contributed by atoms with Crippen molar-refractivity contribution in [2.75, 3.05) is 13.2 Å². The van der Waals surface area contributed by atoms with Gasteiger partial charge in [0.15, 0.2) is 0 Å². The molecule has 0 radical (unpaired) electrons. The van der Waals surface area contributed by atoms with Crippen LogP contribution < -0.4 is 0 Å². The minimum Gasteiger partial charge on any atom is -0.396 e. The van der Waals surface area contributed by atoms with Gasteiger partial charge >= 0.3 is 0 Å². The van der Waals surface area contributed by atoms with Gasteiger partial charge in [-0.1, -0.05) is 0 Å². The summed E-state index contributed by atoms with van der Waals surface area (Å²) in [4.78, 5) is 0. The number of aliphatic hydroxyl groups excluding tert-OH is 2. The second-order valence-corrected chi connectivity index (χ2v) is 4.08. The highest BCUT2D eigenvalue weighted by Crippen LogP contribution is 2.60. The van der Waals surface area contributed by atoms with Gasteiger partial charge in [0.25, 0.3) is 0 Å². The van der Waals surface area contributed by atoms with E-state index in [9.17, 15) is 5.11 Å². The zero-order valence-corrected chi connectivity index (χ0v) is 6.79. The molecule has 0 amide bonds. The van der Waals surface area contributed by atoms with Crippen molar-refractivity contribution in [2.24, 2.45) is 17.3 Å². The summed E-state index contributed by atoms with van der Waals surface area (Å²) >= 11 is 0. The normalized spacial score (nSPS) is 48.5. The Labute approximate surface area is 67.2 Å². The van der Waals surface area contributed by atoms with Crippen LogP contribution in [0.3, 0.4) is 0 Å². The summed E-state index contributed by atoms with van der Waals surface area (Å²) in [6, 6.07) is 0. The summed E-state index contributed by atoms with van der Waals surface area (Å²) in [5.74, 6) is 1.12. The van der Waals surface area contributed by atoms with Crippen LogP contribution in [-0.4, -0.2) is 23.4 Å². The maximum Gasteiger partial charge on any atom is 0.0493 e. The van der Waals surface area contributed by atoms with Crippen molar-refractivity contribution in [1.82, 2.24) is 0 Å². The molecule has 0 heterocycles. The summed E-state index contributed by atoms with van der Waals surface area (Å²) in [6.45, 7) is 0.569. The Kier molecular flexibility index (Phi) is 1.69. The van der Waals surface area contributed by atoms with Gasteiger partial charge in [-0.05, 0) is 37.5 Å². The Balaban J connectivity index is 2.13. The van der Waals surface area contributed by atoms with Gasteiger partial charge in [-0.25, -0.2) is 0 Å². The van der Waals surface area contributed by atoms with Crippen LogP contribution in [0, 0.1) is 17.3 Å². The minimum absolute atomic E-state index is 0.148. The second kappa shape index (κ2) is 2.46. The SMILES string of the molecule is OCC1CCC2CCC12CO. The topological polar surface area (TPSA) is 40.5 Å². The van der Waals surface area contributed by atoms with E-state index in [0.717, 1.165) is 18.8 Å². The van der Waals surface area contributed by atoms with Gasteiger partial charge in [0, 0.05) is 18.6 Å². The Hall–Kier alpha value is -0.0800. The molecule has 0 bridgehead atoms. The van der Waals surface area contributed by atoms with E-state index in [1.165, 1.54) is 12.8 Å². The molecule has 0 spiro atoms. The van der Waals surface area contributed by atoms with Crippen LogP contribution in [0.5, 0.6) is 0 Å². The van der Waals surface area contributed by atoms with Crippen LogP contribution in [0.1, 0.15) is 25.7 Å². The largest absolute Gasteiger partial charge is 0.396 e. The fourth-order valence-corrected chi connectivity index (χ4v) is 2.99. The third-order valence-corrected chi connectivity index (χ3v) is 3.96. The molecule has 2 fully saturated rings. The Morgan fingerprint density at radius 2 is 2.00 bits per heavy atom. The molecule has 3 atom stereocenters. The molecule has 0 aromatic carbocycles. The second-order valence-electron chi connectivity index (χ2n) is 4.08. The molecule has 3 unspecified atom stereocenters. The maximum absolute atomic E-state index is 9.24. The lowest BCUT2D eigenvalue weighted by Crippen LogP contribution is -2.44. The number of aliphatic hydroxyl groups is 2. The number of rotatable bonds is 2. The van der Waals surface area contributed by atoms with Crippen LogP contribution in [0.15, 0.2) is 0 Å². The van der Waals surface area contributed by atoms with E-state index in [1.807, 2.05) is 0 Å².